The van der Waals surface area contributed by atoms with E-state index in [4.69, 9.17) is 0 Å². The van der Waals surface area contributed by atoms with Gasteiger partial charge in [-0.1, -0.05) is 78.4 Å². The number of benzene rings is 3. The van der Waals surface area contributed by atoms with Gasteiger partial charge in [-0.2, -0.15) is 5.10 Å². The standard InChI is InChI=1S/C25H26N2O/c1-18-9-12-24(19(2)15-18)17-25(28)27-26-20(3)23-13-10-22(11-14-23)16-21-7-5-4-6-8-21/h4-15H,16-17H2,1-3H3,(H,27,28)/b26-20+. The van der Waals surface area contributed by atoms with Crippen LogP contribution in [0.25, 0.3) is 0 Å². The van der Waals surface area contributed by atoms with Crippen LogP contribution in [0.1, 0.15) is 40.3 Å². The van der Waals surface area contributed by atoms with Crippen molar-refractivity contribution in [1.29, 1.82) is 0 Å². The van der Waals surface area contributed by atoms with Crippen LogP contribution in [0.15, 0.2) is 77.9 Å². The molecular weight excluding hydrogens is 344 g/mol. The predicted octanol–water partition coefficient (Wildman–Crippen LogP) is 4.98. The second kappa shape index (κ2) is 9.14. The minimum absolute atomic E-state index is 0.105. The lowest BCUT2D eigenvalue weighted by molar-refractivity contribution is -0.120. The molecule has 0 fully saturated rings. The fourth-order valence-electron chi connectivity index (χ4n) is 3.16. The third kappa shape index (κ3) is 5.40. The van der Waals surface area contributed by atoms with Crippen LogP contribution in [0, 0.1) is 13.8 Å². The van der Waals surface area contributed by atoms with E-state index in [0.717, 1.165) is 28.8 Å². The summed E-state index contributed by atoms with van der Waals surface area (Å²) in [6, 6.07) is 24.8. The van der Waals surface area contributed by atoms with Crippen LogP contribution >= 0.6 is 0 Å². The number of hydrogen-bond acceptors (Lipinski definition) is 2. The highest BCUT2D eigenvalue weighted by atomic mass is 16.2. The van der Waals surface area contributed by atoms with Crippen LogP contribution in [0.4, 0.5) is 0 Å². The maximum atomic E-state index is 12.2. The van der Waals surface area contributed by atoms with Gasteiger partial charge < -0.3 is 0 Å². The first-order valence-corrected chi connectivity index (χ1v) is 9.54. The minimum Gasteiger partial charge on any atom is -0.273 e. The first-order valence-electron chi connectivity index (χ1n) is 9.54. The Hall–Kier alpha value is -3.20. The Morgan fingerprint density at radius 3 is 2.25 bits per heavy atom. The zero-order chi connectivity index (χ0) is 19.9. The van der Waals surface area contributed by atoms with E-state index in [1.165, 1.54) is 16.7 Å². The molecule has 0 heterocycles. The lowest BCUT2D eigenvalue weighted by Crippen LogP contribution is -2.21. The van der Waals surface area contributed by atoms with Crippen LogP contribution in [-0.2, 0) is 17.6 Å². The molecule has 0 radical (unpaired) electrons. The first-order chi connectivity index (χ1) is 13.5. The van der Waals surface area contributed by atoms with E-state index in [1.807, 2.05) is 44.2 Å². The molecule has 3 aromatic rings. The van der Waals surface area contributed by atoms with Gasteiger partial charge in [-0.05, 0) is 55.0 Å². The summed E-state index contributed by atoms with van der Waals surface area (Å²) in [6.45, 7) is 5.99. The van der Waals surface area contributed by atoms with E-state index < -0.39 is 0 Å². The SMILES string of the molecule is C/C(=N\NC(=O)Cc1ccc(C)cc1C)c1ccc(Cc2ccccc2)cc1. The van der Waals surface area contributed by atoms with Crippen molar-refractivity contribution < 1.29 is 4.79 Å². The Bertz CT molecular complexity index is 973. The number of rotatable bonds is 6. The summed E-state index contributed by atoms with van der Waals surface area (Å²) in [6.07, 6.45) is 1.24. The molecule has 0 spiro atoms. The minimum atomic E-state index is -0.105. The summed E-state index contributed by atoms with van der Waals surface area (Å²) in [7, 11) is 0. The van der Waals surface area contributed by atoms with Crippen molar-refractivity contribution in [3.63, 3.8) is 0 Å². The van der Waals surface area contributed by atoms with Crippen molar-refractivity contribution in [2.75, 3.05) is 0 Å². The fourth-order valence-corrected chi connectivity index (χ4v) is 3.16. The number of hydrogen-bond donors (Lipinski definition) is 1. The summed E-state index contributed by atoms with van der Waals surface area (Å²) < 4.78 is 0. The third-order valence-corrected chi connectivity index (χ3v) is 4.82. The van der Waals surface area contributed by atoms with Gasteiger partial charge in [0, 0.05) is 0 Å². The molecule has 0 bridgehead atoms. The quantitative estimate of drug-likeness (QED) is 0.483. The molecule has 0 aliphatic heterocycles. The van der Waals surface area contributed by atoms with Crippen LogP contribution in [-0.4, -0.2) is 11.6 Å². The van der Waals surface area contributed by atoms with Crippen molar-refractivity contribution in [2.24, 2.45) is 5.10 Å². The highest BCUT2D eigenvalue weighted by molar-refractivity contribution is 5.99. The van der Waals surface area contributed by atoms with Crippen LogP contribution in [0.5, 0.6) is 0 Å². The van der Waals surface area contributed by atoms with Gasteiger partial charge in [0.25, 0.3) is 0 Å². The van der Waals surface area contributed by atoms with Crippen molar-refractivity contribution in [2.45, 2.75) is 33.6 Å². The molecule has 1 N–H and O–H groups in total. The normalized spacial score (nSPS) is 11.3. The topological polar surface area (TPSA) is 41.5 Å². The molecular formula is C25H26N2O. The molecule has 3 aromatic carbocycles. The molecule has 0 atom stereocenters. The molecule has 1 amide bonds. The number of nitrogens with zero attached hydrogens (tertiary/aromatic N) is 1. The highest BCUT2D eigenvalue weighted by Crippen LogP contribution is 2.12. The predicted molar refractivity (Wildman–Crippen MR) is 116 cm³/mol. The number of nitrogens with one attached hydrogen (secondary N) is 1. The van der Waals surface area contributed by atoms with Crippen LogP contribution in [0.3, 0.4) is 0 Å². The first kappa shape index (κ1) is 19.6. The van der Waals surface area contributed by atoms with Gasteiger partial charge in [0.1, 0.15) is 0 Å². The van der Waals surface area contributed by atoms with Crippen LogP contribution < -0.4 is 5.43 Å². The molecule has 28 heavy (non-hydrogen) atoms. The van der Waals surface area contributed by atoms with Gasteiger partial charge in [-0.15, -0.1) is 0 Å². The molecule has 3 nitrogen and oxygen atoms in total. The van der Waals surface area contributed by atoms with Crippen molar-refractivity contribution >= 4 is 11.6 Å². The van der Waals surface area contributed by atoms with E-state index in [0.29, 0.717) is 6.42 Å². The Labute approximate surface area is 167 Å². The number of hydrazone groups is 1. The Morgan fingerprint density at radius 1 is 0.893 bits per heavy atom. The molecule has 3 heteroatoms. The Kier molecular flexibility index (Phi) is 6.38. The van der Waals surface area contributed by atoms with E-state index in [1.54, 1.807) is 0 Å². The van der Waals surface area contributed by atoms with Crippen molar-refractivity contribution in [3.05, 3.63) is 106 Å². The summed E-state index contributed by atoms with van der Waals surface area (Å²) in [4.78, 5) is 12.2. The average Bonchev–Trinajstić information content (AvgIpc) is 2.70. The zero-order valence-electron chi connectivity index (χ0n) is 16.7. The maximum absolute atomic E-state index is 12.2. The molecule has 0 aromatic heterocycles. The van der Waals surface area contributed by atoms with Gasteiger partial charge in [-0.3, -0.25) is 4.79 Å². The molecule has 142 valence electrons. The molecule has 3 rings (SSSR count). The molecule has 0 aliphatic carbocycles. The van der Waals surface area contributed by atoms with Crippen molar-refractivity contribution in [1.82, 2.24) is 5.43 Å². The van der Waals surface area contributed by atoms with Crippen LogP contribution in [0.2, 0.25) is 0 Å². The van der Waals surface area contributed by atoms with Crippen molar-refractivity contribution in [3.8, 4) is 0 Å². The van der Waals surface area contributed by atoms with E-state index in [-0.39, 0.29) is 5.91 Å². The van der Waals surface area contributed by atoms with Gasteiger partial charge in [0.2, 0.25) is 5.91 Å². The summed E-state index contributed by atoms with van der Waals surface area (Å²) in [5, 5.41) is 4.27. The van der Waals surface area contributed by atoms with E-state index in [2.05, 4.69) is 59.9 Å². The lowest BCUT2D eigenvalue weighted by atomic mass is 10.0. The zero-order valence-corrected chi connectivity index (χ0v) is 16.7. The second-order valence-electron chi connectivity index (χ2n) is 7.20. The molecule has 0 saturated heterocycles. The number of carbonyl (C=O) groups is 1. The maximum Gasteiger partial charge on any atom is 0.244 e. The third-order valence-electron chi connectivity index (χ3n) is 4.82. The van der Waals surface area contributed by atoms with E-state index >= 15 is 0 Å². The largest absolute Gasteiger partial charge is 0.273 e. The van der Waals surface area contributed by atoms with E-state index in [9.17, 15) is 4.79 Å². The summed E-state index contributed by atoms with van der Waals surface area (Å²) >= 11 is 0. The number of carbonyl (C=O) groups excluding carboxylic acids is 1. The average molecular weight is 370 g/mol. The Morgan fingerprint density at radius 2 is 1.57 bits per heavy atom. The van der Waals surface area contributed by atoms with Gasteiger partial charge >= 0.3 is 0 Å². The molecule has 0 aliphatic rings. The van der Waals surface area contributed by atoms with Gasteiger partial charge in [0.15, 0.2) is 0 Å². The second-order valence-corrected chi connectivity index (χ2v) is 7.20. The Balaban J connectivity index is 1.59. The molecule has 0 saturated carbocycles. The fraction of sp³-hybridized carbons (Fsp3) is 0.200. The number of aryl methyl sites for hydroxylation is 2. The lowest BCUT2D eigenvalue weighted by Gasteiger charge is -2.07. The smallest absolute Gasteiger partial charge is 0.244 e. The summed E-state index contributed by atoms with van der Waals surface area (Å²) in [5.41, 5.74) is 10.4. The molecule has 0 unspecified atom stereocenters. The van der Waals surface area contributed by atoms with Gasteiger partial charge in [0.05, 0.1) is 12.1 Å². The number of amides is 1. The monoisotopic (exact) mass is 370 g/mol. The van der Waals surface area contributed by atoms with Gasteiger partial charge in [-0.25, -0.2) is 5.43 Å². The highest BCUT2D eigenvalue weighted by Gasteiger charge is 2.06. The summed E-state index contributed by atoms with van der Waals surface area (Å²) in [5.74, 6) is -0.105.